The second kappa shape index (κ2) is 4.69. The normalized spacial score (nSPS) is 19.8. The van der Waals surface area contributed by atoms with E-state index in [1.807, 2.05) is 6.92 Å². The smallest absolute Gasteiger partial charge is 0.312 e. The lowest BCUT2D eigenvalue weighted by Crippen LogP contribution is -2.66. The first-order valence-electron chi connectivity index (χ1n) is 5.45. The number of carbonyl (C=O) groups is 2. The Morgan fingerprint density at radius 2 is 2.12 bits per heavy atom. The predicted molar refractivity (Wildman–Crippen MR) is 58.6 cm³/mol. The van der Waals surface area contributed by atoms with Crippen molar-refractivity contribution in [1.82, 2.24) is 10.2 Å². The van der Waals surface area contributed by atoms with Crippen molar-refractivity contribution >= 4 is 11.9 Å². The number of aliphatic hydroxyl groups is 1. The lowest BCUT2D eigenvalue weighted by Gasteiger charge is -2.47. The molecule has 0 radical (unpaired) electrons. The topological polar surface area (TPSA) is 95.7 Å². The minimum Gasteiger partial charge on any atom is -0.386 e. The summed E-state index contributed by atoms with van der Waals surface area (Å²) in [5, 5.41) is 12.2. The van der Waals surface area contributed by atoms with Crippen molar-refractivity contribution in [3.8, 4) is 0 Å². The monoisotopic (exact) mass is 229 g/mol. The van der Waals surface area contributed by atoms with Gasteiger partial charge in [-0.15, -0.1) is 0 Å². The highest BCUT2D eigenvalue weighted by Crippen LogP contribution is 2.26. The van der Waals surface area contributed by atoms with Gasteiger partial charge in [0.25, 0.3) is 0 Å². The van der Waals surface area contributed by atoms with Crippen LogP contribution in [0, 0.1) is 0 Å². The number of primary amides is 1. The number of hydrogen-bond acceptors (Lipinski definition) is 3. The Morgan fingerprint density at radius 3 is 2.56 bits per heavy atom. The highest BCUT2D eigenvalue weighted by Gasteiger charge is 2.43. The van der Waals surface area contributed by atoms with Gasteiger partial charge in [0, 0.05) is 0 Å². The van der Waals surface area contributed by atoms with Crippen LogP contribution in [0.15, 0.2) is 0 Å². The molecule has 1 heterocycles. The van der Waals surface area contributed by atoms with E-state index in [-0.39, 0.29) is 5.91 Å². The van der Waals surface area contributed by atoms with E-state index in [1.54, 1.807) is 6.92 Å². The first kappa shape index (κ1) is 12.8. The summed E-state index contributed by atoms with van der Waals surface area (Å²) in [6.07, 6.45) is 1.57. The lowest BCUT2D eigenvalue weighted by molar-refractivity contribution is -0.158. The molecule has 1 atom stereocenters. The van der Waals surface area contributed by atoms with Crippen LogP contribution < -0.4 is 11.1 Å². The Labute approximate surface area is 94.8 Å². The fourth-order valence-electron chi connectivity index (χ4n) is 1.99. The molecule has 4 N–H and O–H groups in total. The number of carbonyl (C=O) groups excluding carboxylic acids is 2. The van der Waals surface area contributed by atoms with Gasteiger partial charge >= 0.3 is 6.03 Å². The molecule has 0 spiro atoms. The van der Waals surface area contributed by atoms with Crippen LogP contribution in [-0.4, -0.2) is 46.7 Å². The molecule has 16 heavy (non-hydrogen) atoms. The first-order chi connectivity index (χ1) is 7.38. The molecule has 0 aromatic heterocycles. The Bertz CT molecular complexity index is 287. The SMILES string of the molecule is CCCC1(O)CN(C(=O)C(C)NC(N)=O)C1. The highest BCUT2D eigenvalue weighted by molar-refractivity contribution is 5.86. The third kappa shape index (κ3) is 2.85. The molecule has 0 bridgehead atoms. The average molecular weight is 229 g/mol. The van der Waals surface area contributed by atoms with Crippen molar-refractivity contribution < 1.29 is 14.7 Å². The third-order valence-corrected chi connectivity index (χ3v) is 2.73. The summed E-state index contributed by atoms with van der Waals surface area (Å²) in [5.74, 6) is -0.209. The van der Waals surface area contributed by atoms with Crippen molar-refractivity contribution in [3.05, 3.63) is 0 Å². The van der Waals surface area contributed by atoms with Crippen molar-refractivity contribution in [3.63, 3.8) is 0 Å². The zero-order valence-corrected chi connectivity index (χ0v) is 9.69. The van der Waals surface area contributed by atoms with Gasteiger partial charge in [0.05, 0.1) is 18.7 Å². The van der Waals surface area contributed by atoms with Crippen LogP contribution in [0.1, 0.15) is 26.7 Å². The molecular weight excluding hydrogens is 210 g/mol. The minimum atomic E-state index is -0.739. The van der Waals surface area contributed by atoms with Crippen LogP contribution in [0.5, 0.6) is 0 Å². The Morgan fingerprint density at radius 1 is 1.56 bits per heavy atom. The molecule has 3 amide bonds. The van der Waals surface area contributed by atoms with Crippen LogP contribution in [0.25, 0.3) is 0 Å². The van der Waals surface area contributed by atoms with E-state index >= 15 is 0 Å². The molecular formula is C10H19N3O3. The molecule has 0 aliphatic carbocycles. The number of nitrogens with two attached hydrogens (primary N) is 1. The second-order valence-electron chi connectivity index (χ2n) is 4.40. The molecule has 1 unspecified atom stereocenters. The lowest BCUT2D eigenvalue weighted by atomic mass is 9.89. The van der Waals surface area contributed by atoms with Crippen LogP contribution >= 0.6 is 0 Å². The number of hydrogen-bond donors (Lipinski definition) is 3. The summed E-state index contributed by atoms with van der Waals surface area (Å²) < 4.78 is 0. The fourth-order valence-corrected chi connectivity index (χ4v) is 1.99. The summed E-state index contributed by atoms with van der Waals surface area (Å²) in [6, 6.07) is -1.35. The van der Waals surface area contributed by atoms with Crippen molar-refractivity contribution in [2.24, 2.45) is 5.73 Å². The van der Waals surface area contributed by atoms with Gasteiger partial charge in [-0.25, -0.2) is 4.79 Å². The fraction of sp³-hybridized carbons (Fsp3) is 0.800. The number of likely N-dealkylation sites (tertiary alicyclic amines) is 1. The van der Waals surface area contributed by atoms with Gasteiger partial charge in [-0.3, -0.25) is 4.79 Å². The van der Waals surface area contributed by atoms with Gasteiger partial charge in [0.1, 0.15) is 6.04 Å². The summed E-state index contributed by atoms with van der Waals surface area (Å²) in [7, 11) is 0. The van der Waals surface area contributed by atoms with E-state index in [2.05, 4.69) is 5.32 Å². The van der Waals surface area contributed by atoms with Gasteiger partial charge in [0.2, 0.25) is 5.91 Å². The minimum absolute atomic E-state index is 0.209. The standard InChI is InChI=1S/C10H19N3O3/c1-3-4-10(16)5-13(6-10)8(14)7(2)12-9(11)15/h7,16H,3-6H2,1-2H3,(H3,11,12,15). The summed E-state index contributed by atoms with van der Waals surface area (Å²) in [4.78, 5) is 23.8. The number of urea groups is 1. The van der Waals surface area contributed by atoms with Gasteiger partial charge in [-0.05, 0) is 13.3 Å². The van der Waals surface area contributed by atoms with E-state index in [1.165, 1.54) is 4.90 Å². The number of β-amino-alcohol motifs (C(OH)–C–C–N with tert-alkyl or cyclic N) is 1. The maximum atomic E-state index is 11.7. The maximum absolute atomic E-state index is 11.7. The largest absolute Gasteiger partial charge is 0.386 e. The van der Waals surface area contributed by atoms with Crippen molar-refractivity contribution in [1.29, 1.82) is 0 Å². The molecule has 1 rings (SSSR count). The van der Waals surface area contributed by atoms with Crippen LogP contribution in [0.2, 0.25) is 0 Å². The number of nitrogens with zero attached hydrogens (tertiary/aromatic N) is 1. The molecule has 6 heteroatoms. The zero-order valence-electron chi connectivity index (χ0n) is 9.69. The van der Waals surface area contributed by atoms with E-state index in [4.69, 9.17) is 5.73 Å². The van der Waals surface area contributed by atoms with Gasteiger partial charge in [0.15, 0.2) is 0 Å². The van der Waals surface area contributed by atoms with Crippen molar-refractivity contribution in [2.75, 3.05) is 13.1 Å². The molecule has 0 aromatic carbocycles. The van der Waals surface area contributed by atoms with Crippen LogP contribution in [0.4, 0.5) is 4.79 Å². The van der Waals surface area contributed by atoms with E-state index in [9.17, 15) is 14.7 Å². The molecule has 6 nitrogen and oxygen atoms in total. The zero-order chi connectivity index (χ0) is 12.3. The Kier molecular flexibility index (Phi) is 3.74. The second-order valence-corrected chi connectivity index (χ2v) is 4.40. The molecule has 1 aliphatic heterocycles. The highest BCUT2D eigenvalue weighted by atomic mass is 16.3. The Balaban J connectivity index is 2.39. The maximum Gasteiger partial charge on any atom is 0.312 e. The summed E-state index contributed by atoms with van der Waals surface area (Å²) in [5.41, 5.74) is 4.18. The van der Waals surface area contributed by atoms with E-state index in [0.29, 0.717) is 19.5 Å². The molecule has 92 valence electrons. The van der Waals surface area contributed by atoms with Crippen molar-refractivity contribution in [2.45, 2.75) is 38.3 Å². The molecule has 1 saturated heterocycles. The van der Waals surface area contributed by atoms with Gasteiger partial charge in [-0.2, -0.15) is 0 Å². The predicted octanol–water partition coefficient (Wildman–Crippen LogP) is -0.583. The Hall–Kier alpha value is -1.30. The average Bonchev–Trinajstić information content (AvgIpc) is 2.12. The number of nitrogens with one attached hydrogen (secondary N) is 1. The van der Waals surface area contributed by atoms with Crippen LogP contribution in [0.3, 0.4) is 0 Å². The number of rotatable bonds is 4. The molecule has 1 aliphatic rings. The van der Waals surface area contributed by atoms with E-state index < -0.39 is 17.7 Å². The molecule has 0 aromatic rings. The quantitative estimate of drug-likeness (QED) is 0.601. The summed E-state index contributed by atoms with van der Waals surface area (Å²) >= 11 is 0. The summed E-state index contributed by atoms with van der Waals surface area (Å²) in [6.45, 7) is 4.24. The van der Waals surface area contributed by atoms with Crippen LogP contribution in [-0.2, 0) is 4.79 Å². The molecule has 0 saturated carbocycles. The van der Waals surface area contributed by atoms with E-state index in [0.717, 1.165) is 6.42 Å². The van der Waals surface area contributed by atoms with Gasteiger partial charge < -0.3 is 21.1 Å². The van der Waals surface area contributed by atoms with Gasteiger partial charge in [-0.1, -0.05) is 13.3 Å². The third-order valence-electron chi connectivity index (χ3n) is 2.73. The first-order valence-corrected chi connectivity index (χ1v) is 5.45. The number of amides is 3. The molecule has 1 fully saturated rings.